The van der Waals surface area contributed by atoms with Gasteiger partial charge < -0.3 is 262 Å². The first-order chi connectivity index (χ1) is 51.7. The van der Waals surface area contributed by atoms with Crippen molar-refractivity contribution in [2.45, 2.75) is 162 Å². The normalized spacial score (nSPS) is 23.8. The minimum Gasteiger partial charge on any atom is -0.412 e. The molecule has 0 bridgehead atoms. The fraction of sp³-hybridized carbons (Fsp3) is 0.810. The molecular formula is C63H146N13O51+. The number of amides is 4. The molecule has 6 heterocycles. The van der Waals surface area contributed by atoms with Gasteiger partial charge in [0.2, 0.25) is 28.5 Å². The second-order valence-corrected chi connectivity index (χ2v) is 23.4. The summed E-state index contributed by atoms with van der Waals surface area (Å²) in [6.45, 7) is 4.11. The molecule has 0 spiro atoms. The molecule has 64 heteroatoms. The summed E-state index contributed by atoms with van der Waals surface area (Å²) in [6.07, 6.45) is -12.8. The third-order valence-electron chi connectivity index (χ3n) is 15.7. The smallest absolute Gasteiger partial charge is 0.246 e. The molecule has 6 rings (SSSR count). The lowest BCUT2D eigenvalue weighted by Gasteiger charge is -2.47. The lowest BCUT2D eigenvalue weighted by Crippen LogP contribution is -2.65. The number of hydrogen-bond donors (Lipinski definition) is 13. The van der Waals surface area contributed by atoms with Crippen molar-refractivity contribution in [2.24, 2.45) is 5.11 Å². The Kier molecular flexibility index (Phi) is 116. The molecule has 0 radical (unpaired) electrons. The van der Waals surface area contributed by atoms with Crippen LogP contribution in [0.2, 0.25) is 0 Å². The molecule has 127 heavy (non-hydrogen) atoms. The Bertz CT molecular complexity index is 2960. The first-order valence-corrected chi connectivity index (χ1v) is 33.9. The summed E-state index contributed by atoms with van der Waals surface area (Å²) in [6, 6.07) is 0. The SMILES string of the molecule is C#CCNC(=O)COCC1OC(OC2C(CO)OC(OC)C(OCC(=O)NCC#C)C2O)C(O)C(O)C1OC.CCCOCCn1cc(CNC(=O)COCC2OC(OC3C(CO)OC(OC)C(OCC(=O)NCc4cn(CCOCCOC)nn4)C3O)C(O)C(O)C2OC)nn1.COCCOCCN=[N+]=N.O.O.O.O.O.O.O.O.O.O.O.O.O.O.O.O.O.O.O.O. The van der Waals surface area contributed by atoms with Gasteiger partial charge in [-0.1, -0.05) is 29.2 Å². The van der Waals surface area contributed by atoms with E-state index in [-0.39, 0.29) is 156 Å². The number of hydrogen-bond acceptors (Lipinski definition) is 37. The molecule has 4 amide bonds. The van der Waals surface area contributed by atoms with Crippen LogP contribution in [0.1, 0.15) is 24.7 Å². The van der Waals surface area contributed by atoms with Crippen LogP contribution in [-0.4, -0.2) is 495 Å². The van der Waals surface area contributed by atoms with Gasteiger partial charge in [-0.2, -0.15) is 0 Å². The average Bonchev–Trinajstić information content (AvgIpc) is 1.66. The van der Waals surface area contributed by atoms with Crippen LogP contribution in [0.5, 0.6) is 0 Å². The summed E-state index contributed by atoms with van der Waals surface area (Å²) in [5.41, 5.74) is 7.32. The van der Waals surface area contributed by atoms with Crippen LogP contribution in [0.15, 0.2) is 17.5 Å². The van der Waals surface area contributed by atoms with Gasteiger partial charge in [-0.15, -0.1) is 23.0 Å². The van der Waals surface area contributed by atoms with Gasteiger partial charge in [-0.25, -0.2) is 9.36 Å². The van der Waals surface area contributed by atoms with E-state index >= 15 is 0 Å². The van der Waals surface area contributed by atoms with Crippen molar-refractivity contribution < 1.29 is 260 Å². The predicted octanol–water partition coefficient (Wildman–Crippen LogP) is -25.0. The van der Waals surface area contributed by atoms with Gasteiger partial charge in [0.15, 0.2) is 25.2 Å². The number of terminal acetylenes is 2. The zero-order valence-corrected chi connectivity index (χ0v) is 70.9. The molecule has 0 saturated carbocycles. The number of methoxy groups -OCH3 is 6. The Hall–Kier alpha value is -7.29. The van der Waals surface area contributed by atoms with Crippen LogP contribution in [0.25, 0.3) is 0 Å². The van der Waals surface area contributed by atoms with E-state index < -0.39 is 179 Å². The summed E-state index contributed by atoms with van der Waals surface area (Å²) in [5.74, 6) is 2.42. The quantitative estimate of drug-likeness (QED) is 0.0127. The van der Waals surface area contributed by atoms with Crippen LogP contribution in [0.3, 0.4) is 0 Å². The third kappa shape index (κ3) is 55.5. The van der Waals surface area contributed by atoms with E-state index in [0.717, 1.165) is 6.42 Å². The molecule has 64 nitrogen and oxygen atoms in total. The van der Waals surface area contributed by atoms with Gasteiger partial charge in [0.1, 0.15) is 153 Å². The molecule has 4 fully saturated rings. The van der Waals surface area contributed by atoms with E-state index in [9.17, 15) is 60.0 Å². The summed E-state index contributed by atoms with van der Waals surface area (Å²) in [4.78, 5) is 51.7. The molecule has 768 valence electrons. The Balaban J connectivity index is -0.000000104. The molecule has 53 N–H and O–H groups in total. The Labute approximate surface area is 727 Å². The van der Waals surface area contributed by atoms with Crippen molar-refractivity contribution in [3.8, 4) is 24.7 Å². The van der Waals surface area contributed by atoms with Crippen molar-refractivity contribution in [3.63, 3.8) is 0 Å². The molecule has 20 atom stereocenters. The highest BCUT2D eigenvalue weighted by Crippen LogP contribution is 2.34. The van der Waals surface area contributed by atoms with Crippen molar-refractivity contribution in [1.82, 2.24) is 56.2 Å². The molecule has 4 aliphatic heterocycles. The number of carbonyl (C=O) groups is 4. The molecule has 2 aromatic rings. The number of rotatable bonds is 47. The number of nitrogens with one attached hydrogen (secondary N) is 5. The largest absolute Gasteiger partial charge is 0.412 e. The molecule has 20 unspecified atom stereocenters. The topological polar surface area (TPSA) is 1200 Å². The van der Waals surface area contributed by atoms with E-state index in [1.165, 1.54) is 28.4 Å². The summed E-state index contributed by atoms with van der Waals surface area (Å²) < 4.78 is 107. The van der Waals surface area contributed by atoms with Crippen LogP contribution in [0, 0.1) is 30.2 Å². The van der Waals surface area contributed by atoms with Gasteiger partial charge in [0.05, 0.1) is 124 Å². The van der Waals surface area contributed by atoms with Crippen LogP contribution >= 0.6 is 0 Å². The van der Waals surface area contributed by atoms with Crippen molar-refractivity contribution >= 4 is 23.6 Å². The van der Waals surface area contributed by atoms with E-state index in [1.54, 1.807) is 36.0 Å². The number of ether oxygens (including phenoxy) is 19. The number of aliphatic hydroxyl groups excluding tert-OH is 8. The van der Waals surface area contributed by atoms with E-state index in [2.05, 4.69) is 63.8 Å². The van der Waals surface area contributed by atoms with Crippen molar-refractivity contribution in [3.05, 3.63) is 23.8 Å². The van der Waals surface area contributed by atoms with Crippen molar-refractivity contribution in [1.29, 1.82) is 5.53 Å². The predicted molar refractivity (Wildman–Crippen MR) is 430 cm³/mol. The van der Waals surface area contributed by atoms with Gasteiger partial charge >= 0.3 is 0 Å². The molecule has 2 aromatic heterocycles. The lowest BCUT2D eigenvalue weighted by molar-refractivity contribution is -0.361. The fourth-order valence-electron chi connectivity index (χ4n) is 10.4. The maximum Gasteiger partial charge on any atom is 0.246 e. The van der Waals surface area contributed by atoms with Gasteiger partial charge in [-0.05, 0) is 6.42 Å². The molecule has 0 aliphatic carbocycles. The maximum atomic E-state index is 12.7. The molecule has 4 saturated heterocycles. The Morgan fingerprint density at radius 2 is 0.772 bits per heavy atom. The Morgan fingerprint density at radius 1 is 0.433 bits per heavy atom. The first-order valence-electron chi connectivity index (χ1n) is 33.9. The molecule has 4 aliphatic rings. The number of carbonyl (C=O) groups excluding carboxylic acids is 4. The number of aliphatic hydroxyl groups is 8. The van der Waals surface area contributed by atoms with Gasteiger partial charge in [-0.3, -0.25) is 19.2 Å². The van der Waals surface area contributed by atoms with Gasteiger partial charge in [0.25, 0.3) is 0 Å². The maximum absolute atomic E-state index is 12.7. The van der Waals surface area contributed by atoms with E-state index in [1.807, 2.05) is 6.92 Å². The van der Waals surface area contributed by atoms with Crippen molar-refractivity contribution in [2.75, 3.05) is 168 Å². The summed E-state index contributed by atoms with van der Waals surface area (Å²) in [5, 5.41) is 115. The second kappa shape index (κ2) is 92.0. The number of nitrogens with zero attached hydrogens (tertiary/aromatic N) is 8. The zero-order chi connectivity index (χ0) is 78.5. The Morgan fingerprint density at radius 3 is 1.10 bits per heavy atom. The third-order valence-corrected chi connectivity index (χ3v) is 15.7. The highest BCUT2D eigenvalue weighted by atomic mass is 16.8. The molecule has 0 aromatic carbocycles. The number of aromatic nitrogens is 6. The van der Waals surface area contributed by atoms with Gasteiger partial charge in [0, 0.05) is 49.3 Å². The standard InChI is InChI=1S/C34H58N8O16.C24H36N2O13.C5H12N3O2.20H2O/c1-5-8-52-9-6-41-15-21(37-39-41)13-35-25(44)19-54-18-24-30(50-3)27(46)28(47)33(57-24)58-31-23(17-43)56-34(51-4)32(29(31)48)55-20-26(45)36-14-22-16-42(40-38-22)7-10-53-12-11-49-2;1-5-7-25-15(28)11-35-10-14-20(33-3)17(30)18(31)23(38-14)39-21-13(9-27)37-24(34-4)22(19(21)32)36-12-16(29)26-8-6-2;1-9-4-5-10-3-2-7-8-6;;;;;;;;;;;;;;;;;;;;/h15-16,23-24,27-34,43,46-48H,5-14,17-20H2,1-4H3,(H,35,44)(H,36,45);1-2,13-14,17-24,27,30-32H,7-12H2,3-4H3,(H,25,28)(H,26,29);6H,2-5H2,1H3;20*1H2/q;;+1;;;;;;;;;;;;;;;;;;;;. The van der Waals surface area contributed by atoms with E-state index in [0.29, 0.717) is 83.9 Å². The first kappa shape index (κ1) is 160. The van der Waals surface area contributed by atoms with Crippen LogP contribution in [0.4, 0.5) is 0 Å². The minimum atomic E-state index is -1.70. The zero-order valence-electron chi connectivity index (χ0n) is 70.9. The van der Waals surface area contributed by atoms with E-state index in [4.69, 9.17) is 108 Å². The van der Waals surface area contributed by atoms with Crippen LogP contribution in [-0.2, 0) is 135 Å². The highest BCUT2D eigenvalue weighted by Gasteiger charge is 2.54. The second-order valence-electron chi connectivity index (χ2n) is 23.4. The average molecular weight is 1900 g/mol. The van der Waals surface area contributed by atoms with Crippen LogP contribution < -0.4 is 26.2 Å². The molecular weight excluding hydrogens is 1750 g/mol. The lowest BCUT2D eigenvalue weighted by atomic mass is 9.96. The summed E-state index contributed by atoms with van der Waals surface area (Å²) in [7, 11) is 8.34. The monoisotopic (exact) mass is 1900 g/mol. The minimum absolute atomic E-state index is 0. The summed E-state index contributed by atoms with van der Waals surface area (Å²) >= 11 is 0. The highest BCUT2D eigenvalue weighted by molar-refractivity contribution is 5.78. The fourth-order valence-corrected chi connectivity index (χ4v) is 10.4.